The van der Waals surface area contributed by atoms with Gasteiger partial charge in [-0.2, -0.15) is 0 Å². The molecule has 0 aromatic heterocycles. The fourth-order valence-corrected chi connectivity index (χ4v) is 5.20. The Balaban J connectivity index is 1.27. The van der Waals surface area contributed by atoms with Crippen LogP contribution in [-0.2, 0) is 23.1 Å². The van der Waals surface area contributed by atoms with Gasteiger partial charge in [0.05, 0.1) is 11.4 Å². The van der Waals surface area contributed by atoms with E-state index >= 15 is 0 Å². The quantitative estimate of drug-likeness (QED) is 0.567. The van der Waals surface area contributed by atoms with E-state index in [1.165, 1.54) is 4.31 Å². The number of benzene rings is 3. The van der Waals surface area contributed by atoms with Gasteiger partial charge < -0.3 is 10.1 Å². The number of carbonyl (C=O) groups is 1. The Labute approximate surface area is 188 Å². The maximum absolute atomic E-state index is 12.5. The van der Waals surface area contributed by atoms with E-state index in [1.807, 2.05) is 54.6 Å². The molecule has 166 valence electrons. The maximum Gasteiger partial charge on any atom is 0.251 e. The Kier molecular flexibility index (Phi) is 6.75. The average molecular weight is 451 g/mol. The van der Waals surface area contributed by atoms with Crippen LogP contribution in [0.5, 0.6) is 5.75 Å². The molecule has 1 heterocycles. The Hall–Kier alpha value is -3.32. The molecule has 0 atom stereocenters. The number of nitrogens with zero attached hydrogens (tertiary/aromatic N) is 1. The first kappa shape index (κ1) is 21.9. The predicted octanol–water partition coefficient (Wildman–Crippen LogP) is 3.78. The highest BCUT2D eigenvalue weighted by Gasteiger charge is 2.28. The van der Waals surface area contributed by atoms with E-state index in [9.17, 15) is 13.2 Å². The molecule has 4 rings (SSSR count). The molecular formula is C25H26N2O4S. The maximum atomic E-state index is 12.5. The third-order valence-corrected chi connectivity index (χ3v) is 7.24. The van der Waals surface area contributed by atoms with Crippen molar-refractivity contribution in [1.82, 2.24) is 5.32 Å². The normalized spacial score (nSPS) is 14.8. The number of anilines is 1. The summed E-state index contributed by atoms with van der Waals surface area (Å²) in [4.78, 5) is 12.5. The second-order valence-corrected chi connectivity index (χ2v) is 9.73. The molecule has 3 aromatic rings. The highest BCUT2D eigenvalue weighted by atomic mass is 32.2. The van der Waals surface area contributed by atoms with Crippen molar-refractivity contribution >= 4 is 21.6 Å². The van der Waals surface area contributed by atoms with Crippen LogP contribution in [0.1, 0.15) is 27.9 Å². The van der Waals surface area contributed by atoms with Gasteiger partial charge in [-0.25, -0.2) is 8.42 Å². The first-order valence-electron chi connectivity index (χ1n) is 10.7. The van der Waals surface area contributed by atoms with Gasteiger partial charge in [0, 0.05) is 18.7 Å². The van der Waals surface area contributed by atoms with E-state index in [1.54, 1.807) is 24.3 Å². The number of nitrogens with one attached hydrogen (secondary N) is 1. The minimum atomic E-state index is -3.27. The lowest BCUT2D eigenvalue weighted by Gasteiger charge is -2.17. The number of carbonyl (C=O) groups excluding carboxylic acids is 1. The molecule has 1 amide bonds. The average Bonchev–Trinajstić information content (AvgIpc) is 3.18. The summed E-state index contributed by atoms with van der Waals surface area (Å²) >= 11 is 0. The SMILES string of the molecule is O=C(NCCc1ccc(OCc2ccccc2)cc1)c1cccc(N2CCCS2(=O)=O)c1. The van der Waals surface area contributed by atoms with Gasteiger partial charge >= 0.3 is 0 Å². The minimum Gasteiger partial charge on any atom is -0.489 e. The van der Waals surface area contributed by atoms with Crippen LogP contribution in [0.15, 0.2) is 78.9 Å². The molecule has 1 aliphatic heterocycles. The Morgan fingerprint density at radius 2 is 1.72 bits per heavy atom. The molecule has 0 radical (unpaired) electrons. The molecule has 1 saturated heterocycles. The first-order chi connectivity index (χ1) is 15.5. The molecule has 6 nitrogen and oxygen atoms in total. The Morgan fingerprint density at radius 1 is 0.938 bits per heavy atom. The summed E-state index contributed by atoms with van der Waals surface area (Å²) in [5, 5.41) is 2.91. The standard InChI is InChI=1S/C25H26N2O4S/c28-25(22-8-4-9-23(18-22)27-16-5-17-32(27,29)30)26-15-14-20-10-12-24(13-11-20)31-19-21-6-2-1-3-7-21/h1-4,6-13,18H,5,14-17,19H2,(H,26,28). The van der Waals surface area contributed by atoms with Crippen LogP contribution in [-0.4, -0.2) is 33.2 Å². The Morgan fingerprint density at radius 3 is 2.44 bits per heavy atom. The van der Waals surface area contributed by atoms with Crippen molar-refractivity contribution in [2.75, 3.05) is 23.1 Å². The number of ether oxygens (including phenoxy) is 1. The van der Waals surface area contributed by atoms with Crippen LogP contribution >= 0.6 is 0 Å². The highest BCUT2D eigenvalue weighted by Crippen LogP contribution is 2.24. The van der Waals surface area contributed by atoms with E-state index in [-0.39, 0.29) is 11.7 Å². The van der Waals surface area contributed by atoms with Gasteiger partial charge in [-0.3, -0.25) is 9.10 Å². The molecular weight excluding hydrogens is 424 g/mol. The summed E-state index contributed by atoms with van der Waals surface area (Å²) in [6.45, 7) is 1.46. The summed E-state index contributed by atoms with van der Waals surface area (Å²) < 4.78 is 31.4. The van der Waals surface area contributed by atoms with E-state index < -0.39 is 10.0 Å². The van der Waals surface area contributed by atoms with Crippen LogP contribution in [0.25, 0.3) is 0 Å². The molecule has 7 heteroatoms. The van der Waals surface area contributed by atoms with Crippen molar-refractivity contribution in [2.45, 2.75) is 19.4 Å². The fraction of sp³-hybridized carbons (Fsp3) is 0.240. The van der Waals surface area contributed by atoms with Crippen LogP contribution < -0.4 is 14.4 Å². The molecule has 32 heavy (non-hydrogen) atoms. The zero-order valence-corrected chi connectivity index (χ0v) is 18.6. The summed E-state index contributed by atoms with van der Waals surface area (Å²) in [7, 11) is -3.27. The Bertz CT molecular complexity index is 1160. The molecule has 1 fully saturated rings. The van der Waals surface area contributed by atoms with Crippen LogP contribution in [0.3, 0.4) is 0 Å². The lowest BCUT2D eigenvalue weighted by atomic mass is 10.1. The molecule has 0 spiro atoms. The molecule has 0 unspecified atom stereocenters. The minimum absolute atomic E-state index is 0.152. The zero-order valence-electron chi connectivity index (χ0n) is 17.7. The van der Waals surface area contributed by atoms with Crippen molar-refractivity contribution in [3.63, 3.8) is 0 Å². The van der Waals surface area contributed by atoms with Crippen molar-refractivity contribution in [2.24, 2.45) is 0 Å². The third-order valence-electron chi connectivity index (χ3n) is 5.37. The molecule has 1 aliphatic rings. The number of hydrogen-bond donors (Lipinski definition) is 1. The van der Waals surface area contributed by atoms with Crippen LogP contribution in [0.2, 0.25) is 0 Å². The number of hydrogen-bond acceptors (Lipinski definition) is 4. The van der Waals surface area contributed by atoms with Gasteiger partial charge in [-0.1, -0.05) is 48.5 Å². The summed E-state index contributed by atoms with van der Waals surface area (Å²) in [6, 6.07) is 24.6. The summed E-state index contributed by atoms with van der Waals surface area (Å²) in [5.74, 6) is 0.737. The lowest BCUT2D eigenvalue weighted by molar-refractivity contribution is 0.0954. The van der Waals surface area contributed by atoms with Gasteiger partial charge in [0.25, 0.3) is 5.91 Å². The highest BCUT2D eigenvalue weighted by molar-refractivity contribution is 7.93. The second-order valence-electron chi connectivity index (χ2n) is 7.72. The van der Waals surface area contributed by atoms with Gasteiger partial charge in [0.2, 0.25) is 10.0 Å². The second kappa shape index (κ2) is 9.87. The predicted molar refractivity (Wildman–Crippen MR) is 125 cm³/mol. The van der Waals surface area contributed by atoms with Crippen LogP contribution in [0, 0.1) is 0 Å². The molecule has 0 aliphatic carbocycles. The molecule has 0 bridgehead atoms. The monoisotopic (exact) mass is 450 g/mol. The van der Waals surface area contributed by atoms with Crippen molar-refractivity contribution in [3.8, 4) is 5.75 Å². The lowest BCUT2D eigenvalue weighted by Crippen LogP contribution is -2.27. The fourth-order valence-electron chi connectivity index (χ4n) is 3.65. The van der Waals surface area contributed by atoms with E-state index in [4.69, 9.17) is 4.74 Å². The van der Waals surface area contributed by atoms with Crippen molar-refractivity contribution < 1.29 is 17.9 Å². The largest absolute Gasteiger partial charge is 0.489 e. The van der Waals surface area contributed by atoms with Gasteiger partial charge in [-0.15, -0.1) is 0 Å². The molecule has 0 saturated carbocycles. The van der Waals surface area contributed by atoms with Crippen molar-refractivity contribution in [3.05, 3.63) is 95.6 Å². The summed E-state index contributed by atoms with van der Waals surface area (Å²) in [6.07, 6.45) is 1.29. The first-order valence-corrected chi connectivity index (χ1v) is 12.3. The summed E-state index contributed by atoms with van der Waals surface area (Å²) in [5.41, 5.74) is 3.20. The number of amides is 1. The smallest absolute Gasteiger partial charge is 0.251 e. The van der Waals surface area contributed by atoms with E-state index in [0.29, 0.717) is 43.8 Å². The van der Waals surface area contributed by atoms with Gasteiger partial charge in [0.1, 0.15) is 12.4 Å². The van der Waals surface area contributed by atoms with Crippen molar-refractivity contribution in [1.29, 1.82) is 0 Å². The van der Waals surface area contributed by atoms with E-state index in [2.05, 4.69) is 5.32 Å². The topological polar surface area (TPSA) is 75.7 Å². The number of rotatable bonds is 8. The van der Waals surface area contributed by atoms with E-state index in [0.717, 1.165) is 16.9 Å². The molecule has 3 aromatic carbocycles. The van der Waals surface area contributed by atoms with Gasteiger partial charge in [0.15, 0.2) is 0 Å². The third kappa shape index (κ3) is 5.48. The number of sulfonamides is 1. The van der Waals surface area contributed by atoms with Crippen LogP contribution in [0.4, 0.5) is 5.69 Å². The van der Waals surface area contributed by atoms with Gasteiger partial charge in [-0.05, 0) is 54.3 Å². The molecule has 1 N–H and O–H groups in total. The zero-order chi connectivity index (χ0) is 22.4.